The zero-order valence-corrected chi connectivity index (χ0v) is 11.8. The molecule has 0 N–H and O–H groups in total. The molecule has 1 aromatic heterocycles. The van der Waals surface area contributed by atoms with E-state index >= 15 is 0 Å². The van der Waals surface area contributed by atoms with Gasteiger partial charge in [0.1, 0.15) is 5.52 Å². The van der Waals surface area contributed by atoms with E-state index < -0.39 is 0 Å². The largest absolute Gasteiger partial charge is 0.423 e. The topological polar surface area (TPSA) is 29.3 Å². The molecule has 3 rings (SSSR count). The molecule has 1 heterocycles. The van der Waals surface area contributed by atoms with Gasteiger partial charge in [-0.25, -0.2) is 0 Å². The standard InChI is InChI=1S/C17H18N2O/c1-3-13-8-10-14(11-9-13)12-19(2)17-18-15-6-4-5-7-16(15)20-17/h4-11H,3,12H2,1-2H3. The van der Waals surface area contributed by atoms with E-state index in [4.69, 9.17) is 4.42 Å². The number of hydrogen-bond donors (Lipinski definition) is 0. The molecule has 0 atom stereocenters. The van der Waals surface area contributed by atoms with E-state index in [0.29, 0.717) is 6.01 Å². The van der Waals surface area contributed by atoms with Crippen molar-refractivity contribution in [1.82, 2.24) is 4.98 Å². The summed E-state index contributed by atoms with van der Waals surface area (Å²) >= 11 is 0. The second-order valence-electron chi connectivity index (χ2n) is 4.99. The van der Waals surface area contributed by atoms with Crippen molar-refractivity contribution in [2.24, 2.45) is 0 Å². The van der Waals surface area contributed by atoms with Gasteiger partial charge in [-0.1, -0.05) is 43.3 Å². The van der Waals surface area contributed by atoms with Crippen LogP contribution in [0.2, 0.25) is 0 Å². The maximum absolute atomic E-state index is 5.76. The molecule has 0 radical (unpaired) electrons. The molecule has 0 spiro atoms. The predicted octanol–water partition coefficient (Wildman–Crippen LogP) is 4.03. The molecule has 0 aliphatic carbocycles. The minimum atomic E-state index is 0.658. The van der Waals surface area contributed by atoms with Crippen LogP contribution in [0.25, 0.3) is 11.1 Å². The number of hydrogen-bond acceptors (Lipinski definition) is 3. The maximum Gasteiger partial charge on any atom is 0.298 e. The maximum atomic E-state index is 5.76. The average molecular weight is 266 g/mol. The van der Waals surface area contributed by atoms with Crippen molar-refractivity contribution in [2.45, 2.75) is 19.9 Å². The molecule has 0 saturated heterocycles. The number of rotatable bonds is 4. The number of nitrogens with zero attached hydrogens (tertiary/aromatic N) is 2. The fraction of sp³-hybridized carbons (Fsp3) is 0.235. The van der Waals surface area contributed by atoms with E-state index in [1.54, 1.807) is 0 Å². The summed E-state index contributed by atoms with van der Waals surface area (Å²) in [6, 6.07) is 17.2. The van der Waals surface area contributed by atoms with Crippen LogP contribution in [-0.2, 0) is 13.0 Å². The van der Waals surface area contributed by atoms with Crippen LogP contribution in [0.5, 0.6) is 0 Å². The van der Waals surface area contributed by atoms with Crippen LogP contribution in [0.4, 0.5) is 6.01 Å². The van der Waals surface area contributed by atoms with Gasteiger partial charge in [-0.2, -0.15) is 4.98 Å². The first kappa shape index (κ1) is 12.7. The number of anilines is 1. The van der Waals surface area contributed by atoms with E-state index in [0.717, 1.165) is 24.1 Å². The van der Waals surface area contributed by atoms with Crippen molar-refractivity contribution in [1.29, 1.82) is 0 Å². The third-order valence-electron chi connectivity index (χ3n) is 3.46. The van der Waals surface area contributed by atoms with Crippen LogP contribution in [0.15, 0.2) is 52.9 Å². The highest BCUT2D eigenvalue weighted by Gasteiger charge is 2.10. The van der Waals surface area contributed by atoms with Crippen molar-refractivity contribution >= 4 is 17.1 Å². The normalized spacial score (nSPS) is 10.9. The number of aromatic nitrogens is 1. The van der Waals surface area contributed by atoms with Crippen LogP contribution in [-0.4, -0.2) is 12.0 Å². The zero-order valence-electron chi connectivity index (χ0n) is 11.8. The van der Waals surface area contributed by atoms with Crippen LogP contribution in [0.3, 0.4) is 0 Å². The highest BCUT2D eigenvalue weighted by atomic mass is 16.4. The summed E-state index contributed by atoms with van der Waals surface area (Å²) in [7, 11) is 2.00. The van der Waals surface area contributed by atoms with E-state index in [9.17, 15) is 0 Å². The van der Waals surface area contributed by atoms with Gasteiger partial charge in [0.25, 0.3) is 6.01 Å². The highest BCUT2D eigenvalue weighted by molar-refractivity contribution is 5.74. The monoisotopic (exact) mass is 266 g/mol. The van der Waals surface area contributed by atoms with Gasteiger partial charge in [-0.05, 0) is 29.7 Å². The first-order chi connectivity index (χ1) is 9.76. The molecular formula is C17H18N2O. The van der Waals surface area contributed by atoms with Crippen molar-refractivity contribution in [3.63, 3.8) is 0 Å². The fourth-order valence-corrected chi connectivity index (χ4v) is 2.25. The van der Waals surface area contributed by atoms with E-state index in [-0.39, 0.29) is 0 Å². The molecule has 102 valence electrons. The fourth-order valence-electron chi connectivity index (χ4n) is 2.25. The molecule has 3 heteroatoms. The third kappa shape index (κ3) is 2.52. The lowest BCUT2D eigenvalue weighted by Crippen LogP contribution is -2.16. The minimum Gasteiger partial charge on any atom is -0.423 e. The third-order valence-corrected chi connectivity index (χ3v) is 3.46. The Hall–Kier alpha value is -2.29. The quantitative estimate of drug-likeness (QED) is 0.714. The Labute approximate surface area is 118 Å². The summed E-state index contributed by atoms with van der Waals surface area (Å²) in [6.07, 6.45) is 1.07. The first-order valence-electron chi connectivity index (χ1n) is 6.91. The summed E-state index contributed by atoms with van der Waals surface area (Å²) < 4.78 is 5.76. The lowest BCUT2D eigenvalue weighted by molar-refractivity contribution is 0.582. The lowest BCUT2D eigenvalue weighted by atomic mass is 10.1. The Morgan fingerprint density at radius 1 is 1.00 bits per heavy atom. The van der Waals surface area contributed by atoms with Crippen LogP contribution >= 0.6 is 0 Å². The van der Waals surface area contributed by atoms with Gasteiger partial charge in [0.05, 0.1) is 0 Å². The number of fused-ring (bicyclic) bond motifs is 1. The van der Waals surface area contributed by atoms with Crippen LogP contribution < -0.4 is 4.90 Å². The van der Waals surface area contributed by atoms with Gasteiger partial charge in [0, 0.05) is 13.6 Å². The van der Waals surface area contributed by atoms with Crippen LogP contribution in [0.1, 0.15) is 18.1 Å². The summed E-state index contributed by atoms with van der Waals surface area (Å²) in [5.41, 5.74) is 4.34. The smallest absolute Gasteiger partial charge is 0.298 e. The highest BCUT2D eigenvalue weighted by Crippen LogP contribution is 2.21. The van der Waals surface area contributed by atoms with Crippen molar-refractivity contribution < 1.29 is 4.42 Å². The second-order valence-corrected chi connectivity index (χ2v) is 4.99. The lowest BCUT2D eigenvalue weighted by Gasteiger charge is -2.14. The molecule has 3 nitrogen and oxygen atoms in total. The Kier molecular flexibility index (Phi) is 3.42. The molecule has 0 fully saturated rings. The Morgan fingerprint density at radius 3 is 2.40 bits per heavy atom. The molecule has 20 heavy (non-hydrogen) atoms. The van der Waals surface area contributed by atoms with Gasteiger partial charge in [-0.3, -0.25) is 0 Å². The van der Waals surface area contributed by atoms with Gasteiger partial charge in [-0.15, -0.1) is 0 Å². The van der Waals surface area contributed by atoms with Gasteiger partial charge in [0.15, 0.2) is 5.58 Å². The average Bonchev–Trinajstić information content (AvgIpc) is 2.92. The number of oxazole rings is 1. The molecular weight excluding hydrogens is 248 g/mol. The molecule has 0 amide bonds. The first-order valence-corrected chi connectivity index (χ1v) is 6.91. The van der Waals surface area contributed by atoms with Crippen molar-refractivity contribution in [3.05, 3.63) is 59.7 Å². The summed E-state index contributed by atoms with van der Waals surface area (Å²) in [5, 5.41) is 0. The second kappa shape index (κ2) is 5.37. The van der Waals surface area contributed by atoms with Gasteiger partial charge < -0.3 is 9.32 Å². The van der Waals surface area contributed by atoms with Crippen molar-refractivity contribution in [2.75, 3.05) is 11.9 Å². The molecule has 0 unspecified atom stereocenters. The molecule has 0 saturated carbocycles. The molecule has 0 aliphatic rings. The van der Waals surface area contributed by atoms with E-state index in [1.165, 1.54) is 11.1 Å². The Balaban J connectivity index is 1.79. The minimum absolute atomic E-state index is 0.658. The summed E-state index contributed by atoms with van der Waals surface area (Å²) in [6.45, 7) is 2.95. The van der Waals surface area contributed by atoms with Gasteiger partial charge >= 0.3 is 0 Å². The number of aryl methyl sites for hydroxylation is 1. The Bertz CT molecular complexity index is 667. The van der Waals surface area contributed by atoms with E-state index in [1.807, 2.05) is 36.2 Å². The van der Waals surface area contributed by atoms with Crippen molar-refractivity contribution in [3.8, 4) is 0 Å². The number of benzene rings is 2. The van der Waals surface area contributed by atoms with Crippen LogP contribution in [0, 0.1) is 0 Å². The molecule has 0 aliphatic heterocycles. The van der Waals surface area contributed by atoms with E-state index in [2.05, 4.69) is 36.2 Å². The summed E-state index contributed by atoms with van der Waals surface area (Å²) in [5.74, 6) is 0. The van der Waals surface area contributed by atoms with Gasteiger partial charge in [0.2, 0.25) is 0 Å². The molecule has 2 aromatic carbocycles. The zero-order chi connectivity index (χ0) is 13.9. The predicted molar refractivity (Wildman–Crippen MR) is 81.9 cm³/mol. The molecule has 3 aromatic rings. The number of para-hydroxylation sites is 2. The Morgan fingerprint density at radius 2 is 1.70 bits per heavy atom. The summed E-state index contributed by atoms with van der Waals surface area (Å²) in [4.78, 5) is 6.53. The molecule has 0 bridgehead atoms. The SMILES string of the molecule is CCc1ccc(CN(C)c2nc3ccccc3o2)cc1.